The van der Waals surface area contributed by atoms with E-state index in [-0.39, 0.29) is 24.5 Å². The molecule has 1 aliphatic heterocycles. The highest BCUT2D eigenvalue weighted by Gasteiger charge is 2.32. The van der Waals surface area contributed by atoms with Crippen LogP contribution in [0.1, 0.15) is 26.7 Å². The van der Waals surface area contributed by atoms with Crippen molar-refractivity contribution in [2.45, 2.75) is 32.7 Å². The van der Waals surface area contributed by atoms with Gasteiger partial charge < -0.3 is 15.2 Å². The molecular formula is C14H26N2O4. The summed E-state index contributed by atoms with van der Waals surface area (Å²) in [6, 6.07) is 0.144. The van der Waals surface area contributed by atoms with Crippen molar-refractivity contribution < 1.29 is 19.4 Å². The van der Waals surface area contributed by atoms with Crippen LogP contribution in [-0.4, -0.2) is 61.3 Å². The van der Waals surface area contributed by atoms with E-state index in [0.717, 1.165) is 13.0 Å². The monoisotopic (exact) mass is 286 g/mol. The SMILES string of the molecule is COC(=O)C1CC(NCCC(C)C)CN(CC(=O)O)C1. The highest BCUT2D eigenvalue weighted by molar-refractivity contribution is 5.73. The molecule has 1 aliphatic rings. The number of carbonyl (C=O) groups excluding carboxylic acids is 1. The summed E-state index contributed by atoms with van der Waals surface area (Å²) >= 11 is 0. The zero-order valence-corrected chi connectivity index (χ0v) is 12.6. The molecule has 6 heteroatoms. The molecule has 0 aliphatic carbocycles. The van der Waals surface area contributed by atoms with E-state index in [0.29, 0.717) is 25.4 Å². The summed E-state index contributed by atoms with van der Waals surface area (Å²) in [7, 11) is 1.37. The second-order valence-corrected chi connectivity index (χ2v) is 5.88. The van der Waals surface area contributed by atoms with Gasteiger partial charge in [0.15, 0.2) is 0 Å². The van der Waals surface area contributed by atoms with Gasteiger partial charge in [0.1, 0.15) is 0 Å². The Morgan fingerprint density at radius 2 is 2.10 bits per heavy atom. The number of nitrogens with one attached hydrogen (secondary N) is 1. The van der Waals surface area contributed by atoms with E-state index in [4.69, 9.17) is 9.84 Å². The summed E-state index contributed by atoms with van der Waals surface area (Å²) in [5, 5.41) is 12.3. The van der Waals surface area contributed by atoms with Crippen LogP contribution in [0.2, 0.25) is 0 Å². The number of aliphatic carboxylic acids is 1. The number of ether oxygens (including phenoxy) is 1. The Kier molecular flexibility index (Phi) is 6.95. The zero-order valence-electron chi connectivity index (χ0n) is 12.6. The molecule has 6 nitrogen and oxygen atoms in total. The fourth-order valence-corrected chi connectivity index (χ4v) is 2.57. The van der Waals surface area contributed by atoms with Gasteiger partial charge in [-0.1, -0.05) is 13.8 Å². The minimum Gasteiger partial charge on any atom is -0.480 e. The number of methoxy groups -OCH3 is 1. The Hall–Kier alpha value is -1.14. The van der Waals surface area contributed by atoms with Gasteiger partial charge >= 0.3 is 11.9 Å². The molecule has 0 aromatic heterocycles. The minimum atomic E-state index is -0.864. The second kappa shape index (κ2) is 8.21. The third-order valence-corrected chi connectivity index (χ3v) is 3.57. The molecule has 1 heterocycles. The molecule has 0 radical (unpaired) electrons. The Morgan fingerprint density at radius 1 is 1.40 bits per heavy atom. The Labute approximate surface area is 120 Å². The Balaban J connectivity index is 2.54. The van der Waals surface area contributed by atoms with Crippen LogP contribution in [0.4, 0.5) is 0 Å². The van der Waals surface area contributed by atoms with Gasteiger partial charge in [0.25, 0.3) is 0 Å². The summed E-state index contributed by atoms with van der Waals surface area (Å²) in [5.41, 5.74) is 0. The molecule has 0 aromatic rings. The number of likely N-dealkylation sites (tertiary alicyclic amines) is 1. The molecule has 0 amide bonds. The smallest absolute Gasteiger partial charge is 0.317 e. The molecule has 0 aromatic carbocycles. The first-order valence-corrected chi connectivity index (χ1v) is 7.17. The van der Waals surface area contributed by atoms with Crippen molar-refractivity contribution in [3.8, 4) is 0 Å². The number of piperidine rings is 1. The number of hydrogen-bond donors (Lipinski definition) is 2. The maximum atomic E-state index is 11.7. The first-order valence-electron chi connectivity index (χ1n) is 7.17. The van der Waals surface area contributed by atoms with Crippen LogP contribution in [0.25, 0.3) is 0 Å². The van der Waals surface area contributed by atoms with E-state index in [9.17, 15) is 9.59 Å². The van der Waals surface area contributed by atoms with Crippen molar-refractivity contribution in [1.29, 1.82) is 0 Å². The van der Waals surface area contributed by atoms with Gasteiger partial charge in [0.05, 0.1) is 19.6 Å². The highest BCUT2D eigenvalue weighted by atomic mass is 16.5. The number of carbonyl (C=O) groups is 2. The lowest BCUT2D eigenvalue weighted by Gasteiger charge is -2.36. The maximum Gasteiger partial charge on any atom is 0.317 e. The summed E-state index contributed by atoms with van der Waals surface area (Å²) in [5.74, 6) is -0.741. The number of nitrogens with zero attached hydrogens (tertiary/aromatic N) is 1. The number of rotatable bonds is 7. The second-order valence-electron chi connectivity index (χ2n) is 5.88. The molecular weight excluding hydrogens is 260 g/mol. The normalized spacial score (nSPS) is 23.8. The van der Waals surface area contributed by atoms with E-state index >= 15 is 0 Å². The predicted octanol–water partition coefficient (Wildman–Crippen LogP) is 0.570. The fraction of sp³-hybridized carbons (Fsp3) is 0.857. The summed E-state index contributed by atoms with van der Waals surface area (Å²) in [4.78, 5) is 24.4. The lowest BCUT2D eigenvalue weighted by molar-refractivity contribution is -0.149. The van der Waals surface area contributed by atoms with Crippen LogP contribution >= 0.6 is 0 Å². The van der Waals surface area contributed by atoms with E-state index in [1.54, 1.807) is 4.90 Å². The number of esters is 1. The predicted molar refractivity (Wildman–Crippen MR) is 75.4 cm³/mol. The van der Waals surface area contributed by atoms with Crippen molar-refractivity contribution in [2.75, 3.05) is 33.3 Å². The van der Waals surface area contributed by atoms with Crippen molar-refractivity contribution in [3.63, 3.8) is 0 Å². The molecule has 0 spiro atoms. The lowest BCUT2D eigenvalue weighted by Crippen LogP contribution is -2.52. The Bertz CT molecular complexity index is 333. The summed E-state index contributed by atoms with van der Waals surface area (Å²) in [6.45, 7) is 6.30. The molecule has 1 rings (SSSR count). The molecule has 2 unspecified atom stereocenters. The van der Waals surface area contributed by atoms with Crippen LogP contribution in [-0.2, 0) is 14.3 Å². The maximum absolute atomic E-state index is 11.7. The van der Waals surface area contributed by atoms with Gasteiger partial charge in [-0.3, -0.25) is 14.5 Å². The van der Waals surface area contributed by atoms with E-state index < -0.39 is 5.97 Å². The number of hydrogen-bond acceptors (Lipinski definition) is 5. The number of carboxylic acids is 1. The largest absolute Gasteiger partial charge is 0.480 e. The third kappa shape index (κ3) is 5.88. The van der Waals surface area contributed by atoms with Crippen molar-refractivity contribution in [1.82, 2.24) is 10.2 Å². The van der Waals surface area contributed by atoms with Gasteiger partial charge in [0.2, 0.25) is 0 Å². The number of carboxylic acid groups (broad SMARTS) is 1. The van der Waals surface area contributed by atoms with Gasteiger partial charge in [-0.25, -0.2) is 0 Å². The van der Waals surface area contributed by atoms with Gasteiger partial charge in [-0.2, -0.15) is 0 Å². The quantitative estimate of drug-likeness (QED) is 0.666. The molecule has 1 fully saturated rings. The van der Waals surface area contributed by atoms with Crippen LogP contribution in [0.3, 0.4) is 0 Å². The minimum absolute atomic E-state index is 0.0319. The summed E-state index contributed by atoms with van der Waals surface area (Å²) < 4.78 is 4.79. The van der Waals surface area contributed by atoms with Crippen LogP contribution < -0.4 is 5.32 Å². The standard InChI is InChI=1S/C14H26N2O4/c1-10(2)4-5-15-12-6-11(14(19)20-3)7-16(8-12)9-13(17)18/h10-12,15H,4-9H2,1-3H3,(H,17,18). The van der Waals surface area contributed by atoms with Gasteiger partial charge in [-0.15, -0.1) is 0 Å². The van der Waals surface area contributed by atoms with E-state index in [1.165, 1.54) is 7.11 Å². The van der Waals surface area contributed by atoms with E-state index in [1.807, 2.05) is 0 Å². The Morgan fingerprint density at radius 3 is 2.65 bits per heavy atom. The van der Waals surface area contributed by atoms with Crippen LogP contribution in [0, 0.1) is 11.8 Å². The first kappa shape index (κ1) is 16.9. The summed E-state index contributed by atoms with van der Waals surface area (Å²) in [6.07, 6.45) is 1.78. The van der Waals surface area contributed by atoms with Crippen molar-refractivity contribution in [2.24, 2.45) is 11.8 Å². The van der Waals surface area contributed by atoms with Crippen LogP contribution in [0.15, 0.2) is 0 Å². The van der Waals surface area contributed by atoms with Crippen molar-refractivity contribution in [3.05, 3.63) is 0 Å². The molecule has 0 saturated carbocycles. The average Bonchev–Trinajstić information content (AvgIpc) is 2.36. The van der Waals surface area contributed by atoms with Gasteiger partial charge in [0, 0.05) is 19.1 Å². The molecule has 2 atom stereocenters. The first-order chi connectivity index (χ1) is 9.42. The zero-order chi connectivity index (χ0) is 15.1. The molecule has 116 valence electrons. The average molecular weight is 286 g/mol. The molecule has 0 bridgehead atoms. The molecule has 1 saturated heterocycles. The molecule has 20 heavy (non-hydrogen) atoms. The fourth-order valence-electron chi connectivity index (χ4n) is 2.57. The third-order valence-electron chi connectivity index (χ3n) is 3.57. The highest BCUT2D eigenvalue weighted by Crippen LogP contribution is 2.18. The van der Waals surface area contributed by atoms with Crippen LogP contribution in [0.5, 0.6) is 0 Å². The van der Waals surface area contributed by atoms with Crippen molar-refractivity contribution >= 4 is 11.9 Å². The lowest BCUT2D eigenvalue weighted by atomic mass is 9.94. The topological polar surface area (TPSA) is 78.9 Å². The van der Waals surface area contributed by atoms with Gasteiger partial charge in [-0.05, 0) is 25.3 Å². The van der Waals surface area contributed by atoms with E-state index in [2.05, 4.69) is 19.2 Å². The molecule has 2 N–H and O–H groups in total.